The van der Waals surface area contributed by atoms with Crippen molar-refractivity contribution in [3.05, 3.63) is 34.9 Å². The second-order valence-electron chi connectivity index (χ2n) is 11.8. The highest BCUT2D eigenvalue weighted by Crippen LogP contribution is 2.48. The number of nitrogens with zero attached hydrogens (tertiary/aromatic N) is 3. The molecule has 0 aromatic heterocycles. The molecule has 0 radical (unpaired) electrons. The number of hydrogen-bond acceptors (Lipinski definition) is 5. The molecule has 1 aromatic carbocycles. The first-order chi connectivity index (χ1) is 17.2. The molecule has 37 heavy (non-hydrogen) atoms. The molecule has 4 rings (SSSR count). The number of urea groups is 1. The highest BCUT2D eigenvalue weighted by molar-refractivity contribution is 6.30. The highest BCUT2D eigenvalue weighted by atomic mass is 35.5. The Hall–Kier alpha value is -2.65. The van der Waals surface area contributed by atoms with Gasteiger partial charge in [-0.1, -0.05) is 51.4 Å². The van der Waals surface area contributed by atoms with Crippen molar-refractivity contribution in [3.63, 3.8) is 0 Å². The third kappa shape index (κ3) is 4.20. The van der Waals surface area contributed by atoms with Gasteiger partial charge in [0.2, 0.25) is 11.8 Å². The first kappa shape index (κ1) is 27.4. The van der Waals surface area contributed by atoms with Crippen LogP contribution in [0.25, 0.3) is 0 Å². The number of primary amides is 1. The van der Waals surface area contributed by atoms with E-state index in [1.54, 1.807) is 36.2 Å². The lowest BCUT2D eigenvalue weighted by molar-refractivity contribution is -0.160. The van der Waals surface area contributed by atoms with Gasteiger partial charge in [0, 0.05) is 36.5 Å². The average Bonchev–Trinajstić information content (AvgIpc) is 3.35. The molecule has 0 bridgehead atoms. The molecule has 2 saturated heterocycles. The van der Waals surface area contributed by atoms with E-state index in [1.807, 2.05) is 27.7 Å². The average molecular weight is 533 g/mol. The van der Waals surface area contributed by atoms with E-state index < -0.39 is 46.4 Å². The summed E-state index contributed by atoms with van der Waals surface area (Å²) in [5, 5.41) is 12.3. The molecule has 9 nitrogen and oxygen atoms in total. The number of piperidine rings is 1. The Morgan fingerprint density at radius 2 is 1.76 bits per heavy atom. The van der Waals surface area contributed by atoms with Gasteiger partial charge in [-0.25, -0.2) is 9.69 Å². The van der Waals surface area contributed by atoms with Crippen molar-refractivity contribution in [1.82, 2.24) is 14.7 Å². The summed E-state index contributed by atoms with van der Waals surface area (Å²) in [6, 6.07) is 5.55. The van der Waals surface area contributed by atoms with Crippen molar-refractivity contribution in [2.45, 2.75) is 70.6 Å². The molecule has 1 aliphatic carbocycles. The number of nitrogens with two attached hydrogens (primary N) is 1. The van der Waals surface area contributed by atoms with E-state index in [0.717, 1.165) is 10.5 Å². The van der Waals surface area contributed by atoms with Crippen LogP contribution in [0.4, 0.5) is 4.79 Å². The number of carbonyl (C=O) groups is 4. The number of likely N-dealkylation sites (N-methyl/N-ethyl adjacent to an activating group) is 1. The van der Waals surface area contributed by atoms with Crippen LogP contribution in [-0.4, -0.2) is 75.3 Å². The Morgan fingerprint density at radius 1 is 1.14 bits per heavy atom. The molecule has 3 N–H and O–H groups in total. The van der Waals surface area contributed by atoms with Crippen LogP contribution < -0.4 is 5.73 Å². The normalized spacial score (nSPS) is 30.5. The van der Waals surface area contributed by atoms with Crippen LogP contribution in [-0.2, 0) is 20.0 Å². The third-order valence-electron chi connectivity index (χ3n) is 8.89. The zero-order valence-corrected chi connectivity index (χ0v) is 22.9. The first-order valence-electron chi connectivity index (χ1n) is 12.8. The van der Waals surface area contributed by atoms with Crippen LogP contribution in [0.2, 0.25) is 5.02 Å². The van der Waals surface area contributed by atoms with Crippen molar-refractivity contribution in [2.75, 3.05) is 20.1 Å². The maximum atomic E-state index is 14.0. The van der Waals surface area contributed by atoms with E-state index in [4.69, 9.17) is 17.3 Å². The van der Waals surface area contributed by atoms with Crippen molar-refractivity contribution in [1.29, 1.82) is 0 Å². The number of aliphatic hydroxyl groups is 1. The summed E-state index contributed by atoms with van der Waals surface area (Å²) in [7, 11) is 1.56. The summed E-state index contributed by atoms with van der Waals surface area (Å²) in [5.41, 5.74) is 3.18. The van der Waals surface area contributed by atoms with Gasteiger partial charge in [-0.2, -0.15) is 0 Å². The number of hydrogen-bond donors (Lipinski definition) is 2. The lowest BCUT2D eigenvalue weighted by Gasteiger charge is -2.51. The molecule has 2 heterocycles. The Bertz CT molecular complexity index is 1120. The van der Waals surface area contributed by atoms with Crippen molar-refractivity contribution in [2.24, 2.45) is 23.0 Å². The second kappa shape index (κ2) is 9.27. The van der Waals surface area contributed by atoms with E-state index in [9.17, 15) is 24.3 Å². The van der Waals surface area contributed by atoms with Crippen molar-refractivity contribution < 1.29 is 24.3 Å². The van der Waals surface area contributed by atoms with Crippen LogP contribution in [0.3, 0.4) is 0 Å². The summed E-state index contributed by atoms with van der Waals surface area (Å²) in [6.45, 7) is 7.95. The van der Waals surface area contributed by atoms with Crippen LogP contribution in [0.15, 0.2) is 24.3 Å². The number of benzene rings is 1. The number of carbonyl (C=O) groups excluding carboxylic acids is 4. The number of halogens is 1. The van der Waals surface area contributed by atoms with Crippen LogP contribution >= 0.6 is 11.6 Å². The van der Waals surface area contributed by atoms with Gasteiger partial charge >= 0.3 is 6.03 Å². The molecule has 5 amide bonds. The molecule has 1 aromatic rings. The SMILES string of the molecule is CC(C)[C@H](C(=O)N1CC[C@](O)(c2ccc(Cl)cc2)C(C)(C)C1)N1C(=O)N(C)C2(CCC(C(N)=O)C2)C1=O. The summed E-state index contributed by atoms with van der Waals surface area (Å²) < 4.78 is 0. The maximum Gasteiger partial charge on any atom is 0.328 e. The van der Waals surface area contributed by atoms with E-state index in [0.29, 0.717) is 24.3 Å². The number of rotatable bonds is 5. The molecular weight excluding hydrogens is 496 g/mol. The van der Waals surface area contributed by atoms with Crippen molar-refractivity contribution in [3.8, 4) is 0 Å². The zero-order valence-electron chi connectivity index (χ0n) is 22.2. The minimum Gasteiger partial charge on any atom is -0.384 e. The van der Waals surface area contributed by atoms with Gasteiger partial charge in [-0.05, 0) is 49.3 Å². The second-order valence-corrected chi connectivity index (χ2v) is 12.3. The quantitative estimate of drug-likeness (QED) is 0.564. The standard InChI is InChI=1S/C27H37ClN4O5/c1-16(2)20(32-23(35)26(30(5)24(32)36)11-10-17(14-26)21(29)33)22(34)31-13-12-27(37,25(3,4)15-31)18-6-8-19(28)9-7-18/h6-9,16-17,20,37H,10-15H2,1-5H3,(H2,29,33)/t17?,20-,26?,27+/m1/s1. The molecule has 4 atom stereocenters. The van der Waals surface area contributed by atoms with Gasteiger partial charge in [0.25, 0.3) is 5.91 Å². The third-order valence-corrected chi connectivity index (χ3v) is 9.14. The fourth-order valence-electron chi connectivity index (χ4n) is 6.46. The molecule has 2 unspecified atom stereocenters. The van der Waals surface area contributed by atoms with Gasteiger partial charge in [-0.15, -0.1) is 0 Å². The van der Waals surface area contributed by atoms with E-state index in [2.05, 4.69) is 0 Å². The number of amides is 5. The summed E-state index contributed by atoms with van der Waals surface area (Å²) >= 11 is 6.04. The Morgan fingerprint density at radius 3 is 2.27 bits per heavy atom. The predicted molar refractivity (Wildman–Crippen MR) is 138 cm³/mol. The van der Waals surface area contributed by atoms with Gasteiger partial charge in [0.05, 0.1) is 5.60 Å². The molecular formula is C27H37ClN4O5. The van der Waals surface area contributed by atoms with E-state index in [-0.39, 0.29) is 31.3 Å². The molecule has 1 spiro atoms. The molecule has 2 aliphatic heterocycles. The highest BCUT2D eigenvalue weighted by Gasteiger charge is 2.62. The van der Waals surface area contributed by atoms with Crippen LogP contribution in [0, 0.1) is 17.3 Å². The van der Waals surface area contributed by atoms with E-state index >= 15 is 0 Å². The van der Waals surface area contributed by atoms with Gasteiger partial charge < -0.3 is 20.6 Å². The van der Waals surface area contributed by atoms with E-state index in [1.165, 1.54) is 4.90 Å². The summed E-state index contributed by atoms with van der Waals surface area (Å²) in [6.07, 6.45) is 1.23. The Balaban J connectivity index is 1.60. The van der Waals surface area contributed by atoms with Crippen LogP contribution in [0.5, 0.6) is 0 Å². The summed E-state index contributed by atoms with van der Waals surface area (Å²) in [5.74, 6) is -2.06. The smallest absolute Gasteiger partial charge is 0.328 e. The molecule has 10 heteroatoms. The Kier molecular flexibility index (Phi) is 6.86. The fraction of sp³-hybridized carbons (Fsp3) is 0.630. The largest absolute Gasteiger partial charge is 0.384 e. The fourth-order valence-corrected chi connectivity index (χ4v) is 6.59. The lowest BCUT2D eigenvalue weighted by Crippen LogP contribution is -2.61. The topological polar surface area (TPSA) is 124 Å². The molecule has 1 saturated carbocycles. The lowest BCUT2D eigenvalue weighted by atomic mass is 9.66. The zero-order chi connectivity index (χ0) is 27.5. The maximum absolute atomic E-state index is 14.0. The molecule has 3 fully saturated rings. The first-order valence-corrected chi connectivity index (χ1v) is 13.2. The Labute approximate surface area is 222 Å². The van der Waals surface area contributed by atoms with Gasteiger partial charge in [-0.3, -0.25) is 14.4 Å². The number of likely N-dealkylation sites (tertiary alicyclic amines) is 1. The van der Waals surface area contributed by atoms with Gasteiger partial charge in [0.1, 0.15) is 11.6 Å². The van der Waals surface area contributed by atoms with Crippen molar-refractivity contribution >= 4 is 35.4 Å². The minimum atomic E-state index is -1.18. The summed E-state index contributed by atoms with van der Waals surface area (Å²) in [4.78, 5) is 57.1. The van der Waals surface area contributed by atoms with Crippen LogP contribution in [0.1, 0.15) is 58.9 Å². The predicted octanol–water partition coefficient (Wildman–Crippen LogP) is 2.73. The molecule has 202 valence electrons. The monoisotopic (exact) mass is 532 g/mol. The number of imide groups is 1. The molecule has 3 aliphatic rings. The minimum absolute atomic E-state index is 0.170. The van der Waals surface area contributed by atoms with Gasteiger partial charge in [0.15, 0.2) is 0 Å².